The van der Waals surface area contributed by atoms with Gasteiger partial charge in [0, 0.05) is 24.5 Å². The number of amides is 1. The van der Waals surface area contributed by atoms with Gasteiger partial charge in [-0.3, -0.25) is 4.79 Å². The topological polar surface area (TPSA) is 42.4 Å². The fourth-order valence-corrected chi connectivity index (χ4v) is 4.47. The van der Waals surface area contributed by atoms with Crippen LogP contribution in [0.25, 0.3) is 0 Å². The number of ether oxygens (including phenoxy) is 1. The van der Waals surface area contributed by atoms with Crippen molar-refractivity contribution in [1.82, 2.24) is 9.88 Å². The van der Waals surface area contributed by atoms with E-state index in [1.54, 1.807) is 11.3 Å². The number of nitrogens with zero attached hydrogens (tertiary/aromatic N) is 2. The second-order valence-corrected chi connectivity index (χ2v) is 7.69. The normalized spacial score (nSPS) is 23.0. The maximum absolute atomic E-state index is 13.1. The molecule has 0 spiro atoms. The van der Waals surface area contributed by atoms with Crippen LogP contribution in [0, 0.1) is 13.8 Å². The molecule has 2 aliphatic heterocycles. The van der Waals surface area contributed by atoms with E-state index in [-0.39, 0.29) is 18.1 Å². The Kier molecular flexibility index (Phi) is 4.04. The van der Waals surface area contributed by atoms with E-state index in [0.717, 1.165) is 42.1 Å². The zero-order valence-electron chi connectivity index (χ0n) is 14.1. The molecule has 24 heavy (non-hydrogen) atoms. The molecule has 0 radical (unpaired) electrons. The van der Waals surface area contributed by atoms with Crippen LogP contribution in [0.5, 0.6) is 5.75 Å². The first-order valence-electron chi connectivity index (χ1n) is 8.60. The second kappa shape index (κ2) is 6.20. The number of carbonyl (C=O) groups excluding carboxylic acids is 1. The Balaban J connectivity index is 1.55. The average molecular weight is 342 g/mol. The van der Waals surface area contributed by atoms with Crippen molar-refractivity contribution in [1.29, 1.82) is 0 Å². The lowest BCUT2D eigenvalue weighted by Gasteiger charge is -2.35. The van der Waals surface area contributed by atoms with Crippen LogP contribution < -0.4 is 4.74 Å². The van der Waals surface area contributed by atoms with E-state index in [9.17, 15) is 4.79 Å². The van der Waals surface area contributed by atoms with Crippen molar-refractivity contribution in [3.8, 4) is 5.75 Å². The molecular formula is C19H22N2O2S. The number of benzene rings is 1. The zero-order valence-corrected chi connectivity index (χ0v) is 14.9. The first-order chi connectivity index (χ1) is 11.6. The molecule has 5 heteroatoms. The maximum atomic E-state index is 13.1. The first-order valence-corrected chi connectivity index (χ1v) is 9.48. The lowest BCUT2D eigenvalue weighted by molar-refractivity contribution is -0.142. The summed E-state index contributed by atoms with van der Waals surface area (Å²) in [4.78, 5) is 19.6. The summed E-state index contributed by atoms with van der Waals surface area (Å²) in [6, 6.07) is 4.33. The minimum Gasteiger partial charge on any atom is -0.480 e. The molecule has 0 bridgehead atoms. The number of hydrogen-bond donors (Lipinski definition) is 0. The summed E-state index contributed by atoms with van der Waals surface area (Å²) in [7, 11) is 0. The molecule has 1 aromatic heterocycles. The van der Waals surface area contributed by atoms with Crippen LogP contribution in [-0.4, -0.2) is 28.4 Å². The van der Waals surface area contributed by atoms with Crippen LogP contribution in [0.4, 0.5) is 0 Å². The minimum absolute atomic E-state index is 0.112. The number of aryl methyl sites for hydroxylation is 2. The predicted octanol–water partition coefficient (Wildman–Crippen LogP) is 3.82. The SMILES string of the molecule is Cc1cc2c(cc1C)O[C@@H](C(=O)N1CCCC[C@@H]1c1nccs1)C2. The highest BCUT2D eigenvalue weighted by atomic mass is 32.1. The van der Waals surface area contributed by atoms with Crippen molar-refractivity contribution in [2.75, 3.05) is 6.54 Å². The number of piperidine rings is 1. The smallest absolute Gasteiger partial charge is 0.264 e. The first kappa shape index (κ1) is 15.6. The number of likely N-dealkylation sites (tertiary alicyclic amines) is 1. The van der Waals surface area contributed by atoms with Crippen LogP contribution in [-0.2, 0) is 11.2 Å². The van der Waals surface area contributed by atoms with Gasteiger partial charge in [0.05, 0.1) is 6.04 Å². The molecule has 4 rings (SSSR count). The number of carbonyl (C=O) groups is 1. The largest absolute Gasteiger partial charge is 0.480 e. The molecule has 2 aromatic rings. The summed E-state index contributed by atoms with van der Waals surface area (Å²) >= 11 is 1.64. The van der Waals surface area contributed by atoms with Crippen LogP contribution in [0.1, 0.15) is 47.0 Å². The van der Waals surface area contributed by atoms with Crippen molar-refractivity contribution < 1.29 is 9.53 Å². The number of rotatable bonds is 2. The van der Waals surface area contributed by atoms with Crippen LogP contribution in [0.15, 0.2) is 23.7 Å². The Morgan fingerprint density at radius 2 is 2.12 bits per heavy atom. The van der Waals surface area contributed by atoms with E-state index >= 15 is 0 Å². The molecule has 0 saturated carbocycles. The van der Waals surface area contributed by atoms with Crippen molar-refractivity contribution in [3.63, 3.8) is 0 Å². The summed E-state index contributed by atoms with van der Waals surface area (Å²) < 4.78 is 6.02. The van der Waals surface area contributed by atoms with E-state index in [1.807, 2.05) is 16.5 Å². The number of hydrogen-bond acceptors (Lipinski definition) is 4. The number of aromatic nitrogens is 1. The van der Waals surface area contributed by atoms with Crippen molar-refractivity contribution >= 4 is 17.2 Å². The van der Waals surface area contributed by atoms with Crippen molar-refractivity contribution in [2.45, 2.75) is 51.7 Å². The fraction of sp³-hybridized carbons (Fsp3) is 0.474. The highest BCUT2D eigenvalue weighted by Gasteiger charge is 2.37. The summed E-state index contributed by atoms with van der Waals surface area (Å²) in [5, 5.41) is 3.03. The fourth-order valence-electron chi connectivity index (χ4n) is 3.69. The molecule has 3 heterocycles. The van der Waals surface area contributed by atoms with E-state index in [1.165, 1.54) is 11.1 Å². The van der Waals surface area contributed by atoms with Gasteiger partial charge >= 0.3 is 0 Å². The van der Waals surface area contributed by atoms with Crippen molar-refractivity contribution in [3.05, 3.63) is 45.4 Å². The molecule has 126 valence electrons. The molecule has 1 fully saturated rings. The third-order valence-corrected chi connectivity index (χ3v) is 6.03. The molecule has 0 N–H and O–H groups in total. The van der Waals surface area contributed by atoms with Gasteiger partial charge in [0.2, 0.25) is 0 Å². The summed E-state index contributed by atoms with van der Waals surface area (Å²) in [5.41, 5.74) is 3.61. The molecule has 1 amide bonds. The Hall–Kier alpha value is -1.88. The zero-order chi connectivity index (χ0) is 16.7. The van der Waals surface area contributed by atoms with E-state index in [0.29, 0.717) is 6.42 Å². The predicted molar refractivity (Wildman–Crippen MR) is 94.5 cm³/mol. The third-order valence-electron chi connectivity index (χ3n) is 5.15. The van der Waals surface area contributed by atoms with Gasteiger partial charge in [-0.15, -0.1) is 11.3 Å². The molecule has 4 nitrogen and oxygen atoms in total. The lowest BCUT2D eigenvalue weighted by Crippen LogP contribution is -2.45. The Morgan fingerprint density at radius 3 is 2.92 bits per heavy atom. The van der Waals surface area contributed by atoms with Gasteiger partial charge in [0.1, 0.15) is 10.8 Å². The summed E-state index contributed by atoms with van der Waals surface area (Å²) in [5.74, 6) is 0.987. The van der Waals surface area contributed by atoms with E-state index in [2.05, 4.69) is 31.0 Å². The summed E-state index contributed by atoms with van der Waals surface area (Å²) in [6.45, 7) is 4.99. The third kappa shape index (κ3) is 2.71. The molecular weight excluding hydrogens is 320 g/mol. The van der Waals surface area contributed by atoms with E-state index in [4.69, 9.17) is 4.74 Å². The molecule has 2 aliphatic rings. The highest BCUT2D eigenvalue weighted by Crippen LogP contribution is 2.36. The number of thiazole rings is 1. The summed E-state index contributed by atoms with van der Waals surface area (Å²) in [6.07, 6.45) is 5.32. The standard InChI is InChI=1S/C19H22N2O2S/c1-12-9-14-11-17(23-16(14)10-13(12)2)19(22)21-7-4-3-5-15(21)18-20-6-8-24-18/h6,8-10,15,17H,3-5,7,11H2,1-2H3/t15-,17-/m1/s1. The van der Waals surface area contributed by atoms with Crippen LogP contribution in [0.3, 0.4) is 0 Å². The quantitative estimate of drug-likeness (QED) is 0.833. The van der Waals surface area contributed by atoms with Gasteiger partial charge in [-0.25, -0.2) is 4.98 Å². The monoisotopic (exact) mass is 342 g/mol. The lowest BCUT2D eigenvalue weighted by atomic mass is 10.00. The molecule has 1 aromatic carbocycles. The maximum Gasteiger partial charge on any atom is 0.264 e. The molecule has 0 unspecified atom stereocenters. The Morgan fingerprint density at radius 1 is 1.29 bits per heavy atom. The van der Waals surface area contributed by atoms with Crippen LogP contribution in [0.2, 0.25) is 0 Å². The molecule has 0 aliphatic carbocycles. The van der Waals surface area contributed by atoms with Crippen LogP contribution >= 0.6 is 11.3 Å². The Bertz CT molecular complexity index is 726. The highest BCUT2D eigenvalue weighted by molar-refractivity contribution is 7.09. The Labute approximate surface area is 146 Å². The average Bonchev–Trinajstić information content (AvgIpc) is 3.24. The van der Waals surface area contributed by atoms with Gasteiger partial charge in [-0.2, -0.15) is 0 Å². The van der Waals surface area contributed by atoms with Gasteiger partial charge in [0.15, 0.2) is 6.10 Å². The van der Waals surface area contributed by atoms with Gasteiger partial charge < -0.3 is 9.64 Å². The van der Waals surface area contributed by atoms with Crippen molar-refractivity contribution in [2.24, 2.45) is 0 Å². The van der Waals surface area contributed by atoms with Gasteiger partial charge in [0.25, 0.3) is 5.91 Å². The van der Waals surface area contributed by atoms with E-state index < -0.39 is 0 Å². The number of fused-ring (bicyclic) bond motifs is 1. The second-order valence-electron chi connectivity index (χ2n) is 6.77. The minimum atomic E-state index is -0.387. The molecule has 2 atom stereocenters. The van der Waals surface area contributed by atoms with Gasteiger partial charge in [-0.1, -0.05) is 6.07 Å². The molecule has 1 saturated heterocycles. The van der Waals surface area contributed by atoms with Gasteiger partial charge in [-0.05, 0) is 55.9 Å².